The summed E-state index contributed by atoms with van der Waals surface area (Å²) in [5.74, 6) is -0.00839. The van der Waals surface area contributed by atoms with E-state index in [4.69, 9.17) is 4.74 Å². The van der Waals surface area contributed by atoms with Gasteiger partial charge < -0.3 is 9.84 Å². The Kier molecular flexibility index (Phi) is 3.93. The third-order valence-electron chi connectivity index (χ3n) is 2.46. The number of benzene rings is 1. The monoisotopic (exact) mass is 267 g/mol. The third-order valence-corrected chi connectivity index (χ3v) is 3.35. The molecule has 0 saturated heterocycles. The summed E-state index contributed by atoms with van der Waals surface area (Å²) in [6.45, 7) is 3.86. The molecule has 0 spiro atoms. The van der Waals surface area contributed by atoms with Crippen LogP contribution in [0.5, 0.6) is 5.75 Å². The van der Waals surface area contributed by atoms with E-state index < -0.39 is 6.10 Å². The van der Waals surface area contributed by atoms with Gasteiger partial charge in [0, 0.05) is 17.8 Å². The standard InChI is InChI=1S/C13H14FNO2S/c1-8(16)12-4-3-10(14)5-13(12)17-7-11-6-15-9(2)18-11/h3-6,8,16H,7H2,1-2H3/t8-/m0/s1. The third kappa shape index (κ3) is 3.05. The van der Waals surface area contributed by atoms with Crippen molar-refractivity contribution >= 4 is 11.3 Å². The van der Waals surface area contributed by atoms with Crippen LogP contribution >= 0.6 is 11.3 Å². The molecule has 0 aliphatic rings. The molecular weight excluding hydrogens is 253 g/mol. The molecule has 0 radical (unpaired) electrons. The summed E-state index contributed by atoms with van der Waals surface area (Å²) in [4.78, 5) is 5.09. The van der Waals surface area contributed by atoms with Crippen molar-refractivity contribution in [2.45, 2.75) is 26.6 Å². The quantitative estimate of drug-likeness (QED) is 0.924. The van der Waals surface area contributed by atoms with E-state index in [2.05, 4.69) is 4.98 Å². The van der Waals surface area contributed by atoms with Gasteiger partial charge in [0.25, 0.3) is 0 Å². The maximum atomic E-state index is 13.2. The average molecular weight is 267 g/mol. The van der Waals surface area contributed by atoms with Gasteiger partial charge in [-0.05, 0) is 26.0 Å². The van der Waals surface area contributed by atoms with Gasteiger partial charge in [-0.3, -0.25) is 0 Å². The van der Waals surface area contributed by atoms with Crippen molar-refractivity contribution in [1.29, 1.82) is 0 Å². The number of rotatable bonds is 4. The number of halogens is 1. The van der Waals surface area contributed by atoms with Crippen molar-refractivity contribution in [2.24, 2.45) is 0 Å². The lowest BCUT2D eigenvalue weighted by Gasteiger charge is -2.12. The van der Waals surface area contributed by atoms with Crippen LogP contribution in [0.3, 0.4) is 0 Å². The van der Waals surface area contributed by atoms with E-state index in [0.717, 1.165) is 9.88 Å². The molecule has 3 nitrogen and oxygen atoms in total. The Labute approximate surface area is 109 Å². The zero-order chi connectivity index (χ0) is 13.1. The van der Waals surface area contributed by atoms with Crippen LogP contribution in [0.25, 0.3) is 0 Å². The van der Waals surface area contributed by atoms with Gasteiger partial charge in [-0.2, -0.15) is 0 Å². The minimum Gasteiger partial charge on any atom is -0.488 e. The first-order chi connectivity index (χ1) is 8.56. The number of nitrogens with zero attached hydrogens (tertiary/aromatic N) is 1. The highest BCUT2D eigenvalue weighted by atomic mass is 32.1. The second-order valence-electron chi connectivity index (χ2n) is 3.99. The van der Waals surface area contributed by atoms with Crippen molar-refractivity contribution in [2.75, 3.05) is 0 Å². The smallest absolute Gasteiger partial charge is 0.128 e. The summed E-state index contributed by atoms with van der Waals surface area (Å²) in [6, 6.07) is 4.13. The van der Waals surface area contributed by atoms with Crippen LogP contribution in [0.2, 0.25) is 0 Å². The van der Waals surface area contributed by atoms with E-state index in [1.54, 1.807) is 13.1 Å². The molecule has 96 valence electrons. The van der Waals surface area contributed by atoms with Crippen molar-refractivity contribution in [1.82, 2.24) is 4.98 Å². The molecule has 0 saturated carbocycles. The molecule has 1 N–H and O–H groups in total. The Morgan fingerprint density at radius 3 is 2.89 bits per heavy atom. The van der Waals surface area contributed by atoms with Crippen LogP contribution in [-0.4, -0.2) is 10.1 Å². The van der Waals surface area contributed by atoms with Crippen molar-refractivity contribution in [3.63, 3.8) is 0 Å². The lowest BCUT2D eigenvalue weighted by Crippen LogP contribution is -2.00. The van der Waals surface area contributed by atoms with Crippen molar-refractivity contribution in [3.8, 4) is 5.75 Å². The number of aliphatic hydroxyl groups is 1. The molecule has 1 heterocycles. The Bertz CT molecular complexity index is 540. The van der Waals surface area contributed by atoms with E-state index in [0.29, 0.717) is 17.9 Å². The van der Waals surface area contributed by atoms with E-state index in [-0.39, 0.29) is 5.82 Å². The predicted molar refractivity (Wildman–Crippen MR) is 68.2 cm³/mol. The maximum Gasteiger partial charge on any atom is 0.128 e. The number of ether oxygens (including phenoxy) is 1. The van der Waals surface area contributed by atoms with Crippen LogP contribution in [0.1, 0.15) is 28.5 Å². The van der Waals surface area contributed by atoms with Crippen molar-refractivity contribution in [3.05, 3.63) is 45.7 Å². The Hall–Kier alpha value is -1.46. The summed E-state index contributed by atoms with van der Waals surface area (Å²) < 4.78 is 18.7. The van der Waals surface area contributed by atoms with Gasteiger partial charge in [0.15, 0.2) is 0 Å². The number of hydrogen-bond donors (Lipinski definition) is 1. The second-order valence-corrected chi connectivity index (χ2v) is 5.31. The first-order valence-corrected chi connectivity index (χ1v) is 6.39. The maximum absolute atomic E-state index is 13.2. The molecule has 18 heavy (non-hydrogen) atoms. The van der Waals surface area contributed by atoms with Gasteiger partial charge in [-0.1, -0.05) is 0 Å². The zero-order valence-electron chi connectivity index (χ0n) is 10.2. The van der Waals surface area contributed by atoms with Crippen LogP contribution in [-0.2, 0) is 6.61 Å². The number of aromatic nitrogens is 1. The van der Waals surface area contributed by atoms with Gasteiger partial charge >= 0.3 is 0 Å². The summed E-state index contributed by atoms with van der Waals surface area (Å²) in [6.07, 6.45) is 1.05. The van der Waals surface area contributed by atoms with E-state index in [9.17, 15) is 9.50 Å². The Balaban J connectivity index is 2.15. The Morgan fingerprint density at radius 2 is 2.28 bits per heavy atom. The minimum absolute atomic E-state index is 0.328. The van der Waals surface area contributed by atoms with Gasteiger partial charge in [0.2, 0.25) is 0 Å². The number of aliphatic hydroxyl groups excluding tert-OH is 1. The molecule has 0 amide bonds. The molecule has 2 aromatic rings. The Morgan fingerprint density at radius 1 is 1.50 bits per heavy atom. The fourth-order valence-corrected chi connectivity index (χ4v) is 2.31. The number of hydrogen-bond acceptors (Lipinski definition) is 4. The van der Waals surface area contributed by atoms with Gasteiger partial charge in [-0.15, -0.1) is 11.3 Å². The first kappa shape index (κ1) is 13.0. The summed E-state index contributed by atoms with van der Waals surface area (Å²) in [5.41, 5.74) is 0.581. The average Bonchev–Trinajstić information content (AvgIpc) is 2.72. The van der Waals surface area contributed by atoms with Gasteiger partial charge in [0.1, 0.15) is 18.2 Å². The summed E-state index contributed by atoms with van der Waals surface area (Å²) >= 11 is 1.53. The first-order valence-electron chi connectivity index (χ1n) is 5.58. The molecular formula is C13H14FNO2S. The van der Waals surface area contributed by atoms with Crippen LogP contribution < -0.4 is 4.74 Å². The highest BCUT2D eigenvalue weighted by Gasteiger charge is 2.11. The van der Waals surface area contributed by atoms with Gasteiger partial charge in [-0.25, -0.2) is 9.37 Å². The van der Waals surface area contributed by atoms with Crippen molar-refractivity contribution < 1.29 is 14.2 Å². The van der Waals surface area contributed by atoms with E-state index in [1.165, 1.54) is 29.5 Å². The highest BCUT2D eigenvalue weighted by Crippen LogP contribution is 2.27. The van der Waals surface area contributed by atoms with E-state index in [1.807, 2.05) is 6.92 Å². The molecule has 5 heteroatoms. The summed E-state index contributed by atoms with van der Waals surface area (Å²) in [7, 11) is 0. The number of aryl methyl sites for hydroxylation is 1. The lowest BCUT2D eigenvalue weighted by molar-refractivity contribution is 0.190. The molecule has 0 unspecified atom stereocenters. The molecule has 1 aromatic carbocycles. The molecule has 1 aromatic heterocycles. The highest BCUT2D eigenvalue weighted by molar-refractivity contribution is 7.11. The number of thiazole rings is 1. The predicted octanol–water partition coefficient (Wildman–Crippen LogP) is 3.22. The zero-order valence-corrected chi connectivity index (χ0v) is 11.0. The minimum atomic E-state index is -0.691. The SMILES string of the molecule is Cc1ncc(COc2cc(F)ccc2[C@H](C)O)s1. The van der Waals surface area contributed by atoms with E-state index >= 15 is 0 Å². The molecule has 0 aliphatic heterocycles. The van der Waals surface area contributed by atoms with Crippen LogP contribution in [0.4, 0.5) is 4.39 Å². The molecule has 0 aliphatic carbocycles. The topological polar surface area (TPSA) is 42.4 Å². The molecule has 0 fully saturated rings. The fourth-order valence-electron chi connectivity index (χ4n) is 1.60. The normalized spacial score (nSPS) is 12.4. The molecule has 2 rings (SSSR count). The van der Waals surface area contributed by atoms with Crippen LogP contribution in [0.15, 0.2) is 24.4 Å². The van der Waals surface area contributed by atoms with Gasteiger partial charge in [0.05, 0.1) is 16.0 Å². The lowest BCUT2D eigenvalue weighted by atomic mass is 10.1. The molecule has 0 bridgehead atoms. The largest absolute Gasteiger partial charge is 0.488 e. The van der Waals surface area contributed by atoms with Crippen LogP contribution in [0, 0.1) is 12.7 Å². The molecule has 1 atom stereocenters. The fraction of sp³-hybridized carbons (Fsp3) is 0.308. The second kappa shape index (κ2) is 5.46. The summed E-state index contributed by atoms with van der Waals surface area (Å²) in [5, 5.41) is 10.5.